The summed E-state index contributed by atoms with van der Waals surface area (Å²) in [5, 5.41) is 8.92. The topological polar surface area (TPSA) is 66.4 Å². The third-order valence-corrected chi connectivity index (χ3v) is 4.64. The number of anilines is 1. The molecular weight excluding hydrogens is 293 g/mol. The molecule has 0 atom stereocenters. The van der Waals surface area contributed by atoms with Gasteiger partial charge in [-0.3, -0.25) is 4.72 Å². The molecular formula is C15H16FNO3S. The first-order valence-electron chi connectivity index (χ1n) is 6.33. The van der Waals surface area contributed by atoms with Crippen LogP contribution < -0.4 is 4.72 Å². The van der Waals surface area contributed by atoms with Crippen LogP contribution >= 0.6 is 0 Å². The summed E-state index contributed by atoms with van der Waals surface area (Å²) in [5.41, 5.74) is 2.67. The van der Waals surface area contributed by atoms with Gasteiger partial charge < -0.3 is 5.11 Å². The van der Waals surface area contributed by atoms with Crippen LogP contribution in [0.4, 0.5) is 10.1 Å². The third-order valence-electron chi connectivity index (χ3n) is 3.23. The summed E-state index contributed by atoms with van der Waals surface area (Å²) in [4.78, 5) is -0.446. The average molecular weight is 309 g/mol. The van der Waals surface area contributed by atoms with E-state index in [9.17, 15) is 12.8 Å². The maximum atomic E-state index is 13.8. The zero-order valence-electron chi connectivity index (χ0n) is 11.7. The molecule has 4 nitrogen and oxygen atoms in total. The summed E-state index contributed by atoms with van der Waals surface area (Å²) < 4.78 is 40.6. The molecule has 2 rings (SSSR count). The quantitative estimate of drug-likeness (QED) is 0.912. The molecule has 0 saturated heterocycles. The summed E-state index contributed by atoms with van der Waals surface area (Å²) >= 11 is 0. The average Bonchev–Trinajstić information content (AvgIpc) is 2.42. The minimum absolute atomic E-state index is 0.317. The molecule has 0 unspecified atom stereocenters. The summed E-state index contributed by atoms with van der Waals surface area (Å²) in [5.74, 6) is -0.891. The molecule has 0 bridgehead atoms. The minimum atomic E-state index is -4.01. The number of nitrogens with one attached hydrogen (secondary N) is 1. The van der Waals surface area contributed by atoms with Crippen molar-refractivity contribution in [3.05, 3.63) is 58.9 Å². The highest BCUT2D eigenvalue weighted by molar-refractivity contribution is 7.92. The fourth-order valence-corrected chi connectivity index (χ4v) is 2.99. The van der Waals surface area contributed by atoms with Crippen LogP contribution in [0.25, 0.3) is 0 Å². The van der Waals surface area contributed by atoms with E-state index in [2.05, 4.69) is 4.72 Å². The molecule has 0 aliphatic rings. The molecule has 0 aliphatic heterocycles. The fraction of sp³-hybridized carbons (Fsp3) is 0.200. The monoisotopic (exact) mass is 309 g/mol. The summed E-state index contributed by atoms with van der Waals surface area (Å²) in [6.07, 6.45) is 0. The molecule has 21 heavy (non-hydrogen) atoms. The molecule has 0 aliphatic carbocycles. The van der Waals surface area contributed by atoms with Crippen LogP contribution in [0.15, 0.2) is 41.3 Å². The summed E-state index contributed by atoms with van der Waals surface area (Å²) in [7, 11) is -4.01. The van der Waals surface area contributed by atoms with E-state index < -0.39 is 20.7 Å². The van der Waals surface area contributed by atoms with Crippen molar-refractivity contribution in [1.29, 1.82) is 0 Å². The van der Waals surface area contributed by atoms with Crippen molar-refractivity contribution in [3.8, 4) is 0 Å². The maximum absolute atomic E-state index is 13.8. The lowest BCUT2D eigenvalue weighted by molar-refractivity contribution is 0.281. The fourth-order valence-electron chi connectivity index (χ4n) is 1.88. The Hall–Kier alpha value is -1.92. The second-order valence-corrected chi connectivity index (χ2v) is 6.48. The SMILES string of the molecule is Cc1ccc(NS(=O)(=O)c2ccc(CO)cc2F)cc1C. The normalized spacial score (nSPS) is 11.4. The van der Waals surface area contributed by atoms with E-state index in [1.807, 2.05) is 13.8 Å². The van der Waals surface area contributed by atoms with E-state index in [1.54, 1.807) is 18.2 Å². The third kappa shape index (κ3) is 3.40. The van der Waals surface area contributed by atoms with Gasteiger partial charge >= 0.3 is 0 Å². The smallest absolute Gasteiger partial charge is 0.264 e. The van der Waals surface area contributed by atoms with Gasteiger partial charge in [-0.15, -0.1) is 0 Å². The van der Waals surface area contributed by atoms with Gasteiger partial charge in [0.05, 0.1) is 6.61 Å². The van der Waals surface area contributed by atoms with Crippen molar-refractivity contribution in [3.63, 3.8) is 0 Å². The highest BCUT2D eigenvalue weighted by Gasteiger charge is 2.19. The van der Waals surface area contributed by atoms with Gasteiger partial charge in [0.25, 0.3) is 10.0 Å². The molecule has 0 heterocycles. The number of rotatable bonds is 4. The Labute approximate surface area is 123 Å². The Kier molecular flexibility index (Phi) is 4.29. The number of aliphatic hydroxyl groups is 1. The van der Waals surface area contributed by atoms with Crippen LogP contribution in [0.1, 0.15) is 16.7 Å². The van der Waals surface area contributed by atoms with E-state index in [-0.39, 0.29) is 6.61 Å². The molecule has 6 heteroatoms. The second-order valence-electron chi connectivity index (χ2n) is 4.83. The van der Waals surface area contributed by atoms with E-state index in [1.165, 1.54) is 6.07 Å². The molecule has 2 aromatic rings. The molecule has 0 fully saturated rings. The molecule has 0 spiro atoms. The first-order valence-corrected chi connectivity index (χ1v) is 7.81. The summed E-state index contributed by atoms with van der Waals surface area (Å²) in [6.45, 7) is 3.44. The Morgan fingerprint density at radius 1 is 1.10 bits per heavy atom. The first kappa shape index (κ1) is 15.5. The van der Waals surface area contributed by atoms with E-state index in [0.29, 0.717) is 11.3 Å². The number of aliphatic hydroxyl groups excluding tert-OH is 1. The molecule has 2 N–H and O–H groups in total. The van der Waals surface area contributed by atoms with Gasteiger partial charge in [0.2, 0.25) is 0 Å². The predicted molar refractivity (Wildman–Crippen MR) is 79.0 cm³/mol. The van der Waals surface area contributed by atoms with Crippen molar-refractivity contribution < 1.29 is 17.9 Å². The van der Waals surface area contributed by atoms with Gasteiger partial charge in [-0.2, -0.15) is 0 Å². The maximum Gasteiger partial charge on any atom is 0.264 e. The highest BCUT2D eigenvalue weighted by Crippen LogP contribution is 2.21. The Bertz CT molecular complexity index is 772. The number of sulfonamides is 1. The Morgan fingerprint density at radius 2 is 1.81 bits per heavy atom. The number of benzene rings is 2. The lowest BCUT2D eigenvalue weighted by Gasteiger charge is -2.11. The predicted octanol–water partition coefficient (Wildman–Crippen LogP) is 2.74. The van der Waals surface area contributed by atoms with Gasteiger partial charge in [0.15, 0.2) is 0 Å². The standard InChI is InChI=1S/C15H16FNO3S/c1-10-3-5-13(7-11(10)2)17-21(19,20)15-6-4-12(9-18)8-14(15)16/h3-8,17-18H,9H2,1-2H3. The lowest BCUT2D eigenvalue weighted by Crippen LogP contribution is -2.15. The number of halogens is 1. The van der Waals surface area contributed by atoms with Crippen molar-refractivity contribution in [1.82, 2.24) is 0 Å². The van der Waals surface area contributed by atoms with Gasteiger partial charge in [-0.05, 0) is 54.8 Å². The Morgan fingerprint density at radius 3 is 2.38 bits per heavy atom. The van der Waals surface area contributed by atoms with Gasteiger partial charge in [0.1, 0.15) is 10.7 Å². The second kappa shape index (κ2) is 5.83. The largest absolute Gasteiger partial charge is 0.392 e. The molecule has 112 valence electrons. The van der Waals surface area contributed by atoms with E-state index in [0.717, 1.165) is 23.3 Å². The molecule has 0 saturated carbocycles. The molecule has 0 aromatic heterocycles. The van der Waals surface area contributed by atoms with Gasteiger partial charge in [-0.25, -0.2) is 12.8 Å². The number of hydrogen-bond donors (Lipinski definition) is 2. The molecule has 0 radical (unpaired) electrons. The van der Waals surface area contributed by atoms with Gasteiger partial charge in [-0.1, -0.05) is 12.1 Å². The molecule has 2 aromatic carbocycles. The van der Waals surface area contributed by atoms with Crippen molar-refractivity contribution in [2.24, 2.45) is 0 Å². The van der Waals surface area contributed by atoms with Crippen molar-refractivity contribution in [2.45, 2.75) is 25.3 Å². The van der Waals surface area contributed by atoms with Crippen molar-refractivity contribution in [2.75, 3.05) is 4.72 Å². The zero-order chi connectivity index (χ0) is 15.6. The van der Waals surface area contributed by atoms with Gasteiger partial charge in [0, 0.05) is 5.69 Å². The first-order chi connectivity index (χ1) is 9.83. The van der Waals surface area contributed by atoms with Crippen LogP contribution in [0.3, 0.4) is 0 Å². The van der Waals surface area contributed by atoms with Crippen LogP contribution in [-0.4, -0.2) is 13.5 Å². The van der Waals surface area contributed by atoms with Crippen molar-refractivity contribution >= 4 is 15.7 Å². The number of hydrogen-bond acceptors (Lipinski definition) is 3. The van der Waals surface area contributed by atoms with Crippen LogP contribution in [0.5, 0.6) is 0 Å². The Balaban J connectivity index is 2.36. The van der Waals surface area contributed by atoms with E-state index in [4.69, 9.17) is 5.11 Å². The van der Waals surface area contributed by atoms with E-state index >= 15 is 0 Å². The zero-order valence-corrected chi connectivity index (χ0v) is 12.5. The molecule has 0 amide bonds. The van der Waals surface area contributed by atoms with Crippen LogP contribution in [-0.2, 0) is 16.6 Å². The lowest BCUT2D eigenvalue weighted by atomic mass is 10.1. The van der Waals surface area contributed by atoms with Crippen LogP contribution in [0.2, 0.25) is 0 Å². The van der Waals surface area contributed by atoms with Crippen LogP contribution in [0, 0.1) is 19.7 Å². The highest BCUT2D eigenvalue weighted by atomic mass is 32.2. The summed E-state index contributed by atoms with van der Waals surface area (Å²) in [6, 6.07) is 8.63. The minimum Gasteiger partial charge on any atom is -0.392 e. The number of aryl methyl sites for hydroxylation is 2.